The molecule has 2 aromatic heterocycles. The van der Waals surface area contributed by atoms with E-state index in [1.165, 1.54) is 11.8 Å². The summed E-state index contributed by atoms with van der Waals surface area (Å²) in [5.41, 5.74) is 0.664. The number of rotatable bonds is 6. The summed E-state index contributed by atoms with van der Waals surface area (Å²) in [5.74, 6) is -0.191. The molecular weight excluding hydrogens is 374 g/mol. The van der Waals surface area contributed by atoms with Gasteiger partial charge in [0.2, 0.25) is 5.91 Å². The summed E-state index contributed by atoms with van der Waals surface area (Å²) in [4.78, 5) is 31.6. The van der Waals surface area contributed by atoms with Crippen molar-refractivity contribution < 1.29 is 9.59 Å². The highest BCUT2D eigenvalue weighted by Gasteiger charge is 2.31. The van der Waals surface area contributed by atoms with E-state index in [4.69, 9.17) is 12.2 Å². The lowest BCUT2D eigenvalue weighted by Gasteiger charge is -2.14. The van der Waals surface area contributed by atoms with Crippen LogP contribution in [-0.2, 0) is 9.59 Å². The van der Waals surface area contributed by atoms with Crippen molar-refractivity contribution in [2.45, 2.75) is 12.8 Å². The maximum Gasteiger partial charge on any atom is 0.266 e. The second-order valence-electron chi connectivity index (χ2n) is 5.24. The average Bonchev–Trinajstić information content (AvgIpc) is 3.19. The van der Waals surface area contributed by atoms with Gasteiger partial charge in [0.15, 0.2) is 0 Å². The molecule has 0 bridgehead atoms. The molecule has 8 heteroatoms. The fraction of sp³-hybridized carbons (Fsp3) is 0.176. The van der Waals surface area contributed by atoms with E-state index in [0.29, 0.717) is 34.3 Å². The van der Waals surface area contributed by atoms with E-state index < -0.39 is 0 Å². The standard InChI is InChI=1S/C17H15N3O2S3/c21-15(19-12-4-1-7-18-11-12)6-2-8-20-16(22)14(25-17(20)23)10-13-5-3-9-24-13/h1,3-5,7,9-11H,2,6,8H2,(H,19,21)/b14-10+. The largest absolute Gasteiger partial charge is 0.325 e. The molecule has 25 heavy (non-hydrogen) atoms. The minimum absolute atomic E-state index is 0.0870. The van der Waals surface area contributed by atoms with Gasteiger partial charge in [0.25, 0.3) is 5.91 Å². The summed E-state index contributed by atoms with van der Waals surface area (Å²) in [6.07, 6.45) is 5.96. The second kappa shape index (κ2) is 8.37. The molecule has 1 aliphatic heterocycles. The number of anilines is 1. The zero-order valence-corrected chi connectivity index (χ0v) is 15.6. The molecule has 3 rings (SSSR count). The van der Waals surface area contributed by atoms with Gasteiger partial charge in [-0.2, -0.15) is 0 Å². The van der Waals surface area contributed by atoms with Gasteiger partial charge in [-0.25, -0.2) is 0 Å². The Balaban J connectivity index is 1.50. The first-order chi connectivity index (χ1) is 12.1. The third-order valence-corrected chi connectivity index (χ3v) is 5.62. The third kappa shape index (κ3) is 4.75. The number of hydrogen-bond donors (Lipinski definition) is 1. The molecule has 1 fully saturated rings. The first-order valence-corrected chi connectivity index (χ1v) is 9.72. The van der Waals surface area contributed by atoms with Crippen LogP contribution in [0.1, 0.15) is 17.7 Å². The summed E-state index contributed by atoms with van der Waals surface area (Å²) in [6.45, 7) is 0.437. The lowest BCUT2D eigenvalue weighted by molar-refractivity contribution is -0.122. The van der Waals surface area contributed by atoms with E-state index >= 15 is 0 Å². The van der Waals surface area contributed by atoms with Gasteiger partial charge in [-0.05, 0) is 36.1 Å². The highest BCUT2D eigenvalue weighted by atomic mass is 32.2. The van der Waals surface area contributed by atoms with Crippen molar-refractivity contribution in [2.75, 3.05) is 11.9 Å². The Bertz CT molecular complexity index is 804. The molecule has 1 aliphatic rings. The molecule has 0 aromatic carbocycles. The lowest BCUT2D eigenvalue weighted by atomic mass is 10.2. The summed E-state index contributed by atoms with van der Waals surface area (Å²) >= 11 is 8.18. The predicted molar refractivity (Wildman–Crippen MR) is 106 cm³/mol. The Labute approximate surface area is 159 Å². The number of thioether (sulfide) groups is 1. The molecule has 0 atom stereocenters. The topological polar surface area (TPSA) is 62.3 Å². The molecule has 2 aromatic rings. The van der Waals surface area contributed by atoms with Crippen LogP contribution < -0.4 is 5.32 Å². The fourth-order valence-electron chi connectivity index (χ4n) is 2.25. The van der Waals surface area contributed by atoms with E-state index in [1.807, 2.05) is 23.6 Å². The predicted octanol–water partition coefficient (Wildman–Crippen LogP) is 3.76. The maximum atomic E-state index is 12.5. The smallest absolute Gasteiger partial charge is 0.266 e. The number of carbonyl (C=O) groups excluding carboxylic acids is 2. The summed E-state index contributed by atoms with van der Waals surface area (Å²) in [7, 11) is 0. The van der Waals surface area contributed by atoms with Crippen LogP contribution in [0, 0.1) is 0 Å². The van der Waals surface area contributed by atoms with Gasteiger partial charge in [-0.15, -0.1) is 11.3 Å². The zero-order chi connectivity index (χ0) is 17.6. The number of carbonyl (C=O) groups is 2. The molecular formula is C17H15N3O2S3. The molecule has 128 valence electrons. The third-order valence-electron chi connectivity index (χ3n) is 3.42. The Kier molecular flexibility index (Phi) is 5.95. The molecule has 0 unspecified atom stereocenters. The quantitative estimate of drug-likeness (QED) is 0.602. The Morgan fingerprint density at radius 2 is 2.24 bits per heavy atom. The van der Waals surface area contributed by atoms with Crippen LogP contribution in [0.15, 0.2) is 46.9 Å². The normalized spacial score (nSPS) is 15.8. The van der Waals surface area contributed by atoms with Crippen LogP contribution in [0.4, 0.5) is 5.69 Å². The molecule has 1 N–H and O–H groups in total. The molecule has 0 aliphatic carbocycles. The fourth-order valence-corrected chi connectivity index (χ4v) is 4.28. The van der Waals surface area contributed by atoms with Crippen molar-refractivity contribution >= 4 is 63.2 Å². The van der Waals surface area contributed by atoms with E-state index in [-0.39, 0.29) is 11.8 Å². The highest BCUT2D eigenvalue weighted by molar-refractivity contribution is 8.26. The second-order valence-corrected chi connectivity index (χ2v) is 7.90. The molecule has 3 heterocycles. The number of nitrogens with one attached hydrogen (secondary N) is 1. The monoisotopic (exact) mass is 389 g/mol. The van der Waals surface area contributed by atoms with Gasteiger partial charge < -0.3 is 5.32 Å². The number of hydrogen-bond acceptors (Lipinski definition) is 6. The number of nitrogens with zero attached hydrogens (tertiary/aromatic N) is 2. The van der Waals surface area contributed by atoms with Crippen molar-refractivity contribution in [3.63, 3.8) is 0 Å². The van der Waals surface area contributed by atoms with Crippen molar-refractivity contribution in [3.05, 3.63) is 51.8 Å². The van der Waals surface area contributed by atoms with Crippen LogP contribution in [0.25, 0.3) is 6.08 Å². The van der Waals surface area contributed by atoms with E-state index in [9.17, 15) is 9.59 Å². The molecule has 2 amide bonds. The Morgan fingerprint density at radius 3 is 2.96 bits per heavy atom. The van der Waals surface area contributed by atoms with E-state index in [0.717, 1.165) is 4.88 Å². The first-order valence-electron chi connectivity index (χ1n) is 7.62. The van der Waals surface area contributed by atoms with Crippen molar-refractivity contribution in [2.24, 2.45) is 0 Å². The van der Waals surface area contributed by atoms with Crippen molar-refractivity contribution in [3.8, 4) is 0 Å². The molecule has 1 saturated heterocycles. The lowest BCUT2D eigenvalue weighted by Crippen LogP contribution is -2.29. The zero-order valence-electron chi connectivity index (χ0n) is 13.2. The van der Waals surface area contributed by atoms with Gasteiger partial charge in [0.05, 0.1) is 16.8 Å². The highest BCUT2D eigenvalue weighted by Crippen LogP contribution is 2.33. The molecule has 0 radical (unpaired) electrons. The molecule has 0 saturated carbocycles. The van der Waals surface area contributed by atoms with Gasteiger partial charge in [0, 0.05) is 24.0 Å². The number of pyridine rings is 1. The van der Waals surface area contributed by atoms with Crippen LogP contribution in [0.3, 0.4) is 0 Å². The summed E-state index contributed by atoms with van der Waals surface area (Å²) in [6, 6.07) is 7.44. The van der Waals surface area contributed by atoms with Crippen LogP contribution in [-0.4, -0.2) is 32.6 Å². The SMILES string of the molecule is O=C(CCCN1C(=O)/C(=C\c2cccs2)SC1=S)Nc1cccnc1. The van der Waals surface area contributed by atoms with Crippen LogP contribution >= 0.6 is 35.3 Å². The molecule has 0 spiro atoms. The van der Waals surface area contributed by atoms with Crippen molar-refractivity contribution in [1.29, 1.82) is 0 Å². The van der Waals surface area contributed by atoms with Gasteiger partial charge in [-0.3, -0.25) is 19.5 Å². The number of aromatic nitrogens is 1. The van der Waals surface area contributed by atoms with E-state index in [2.05, 4.69) is 10.3 Å². The summed E-state index contributed by atoms with van der Waals surface area (Å²) in [5, 5.41) is 4.74. The minimum Gasteiger partial charge on any atom is -0.325 e. The van der Waals surface area contributed by atoms with Crippen LogP contribution in [0.5, 0.6) is 0 Å². The first kappa shape index (κ1) is 17.8. The maximum absolute atomic E-state index is 12.5. The molecule has 5 nitrogen and oxygen atoms in total. The minimum atomic E-state index is -0.104. The number of amides is 2. The van der Waals surface area contributed by atoms with Gasteiger partial charge in [-0.1, -0.05) is 30.0 Å². The van der Waals surface area contributed by atoms with E-state index in [1.54, 1.807) is 40.8 Å². The van der Waals surface area contributed by atoms with Crippen molar-refractivity contribution in [1.82, 2.24) is 9.88 Å². The number of thiocarbonyl (C=S) groups is 1. The van der Waals surface area contributed by atoms with Crippen LogP contribution in [0.2, 0.25) is 0 Å². The summed E-state index contributed by atoms with van der Waals surface area (Å²) < 4.78 is 0.542. The Hall–Kier alpha value is -2.03. The van der Waals surface area contributed by atoms with Gasteiger partial charge >= 0.3 is 0 Å². The van der Waals surface area contributed by atoms with Gasteiger partial charge in [0.1, 0.15) is 4.32 Å². The Morgan fingerprint density at radius 1 is 1.36 bits per heavy atom. The average molecular weight is 390 g/mol. The number of thiophene rings is 1.